The summed E-state index contributed by atoms with van der Waals surface area (Å²) in [5, 5.41) is 15.1. The molecule has 4 saturated heterocycles. The van der Waals surface area contributed by atoms with Gasteiger partial charge in [-0.05, 0) is 61.0 Å². The summed E-state index contributed by atoms with van der Waals surface area (Å²) in [6.07, 6.45) is -0.0388. The molecule has 2 N–H and O–H groups in total. The molecular weight excluding hydrogens is 812 g/mol. The number of nitriles is 1. The van der Waals surface area contributed by atoms with Crippen molar-refractivity contribution in [3.05, 3.63) is 87.9 Å². The Hall–Kier alpha value is -6.14. The van der Waals surface area contributed by atoms with Gasteiger partial charge in [0.2, 0.25) is 11.8 Å². The van der Waals surface area contributed by atoms with E-state index in [1.165, 1.54) is 0 Å². The highest BCUT2D eigenvalue weighted by atomic mass is 35.5. The van der Waals surface area contributed by atoms with Crippen molar-refractivity contribution in [2.45, 2.75) is 58.7 Å². The maximum absolute atomic E-state index is 13.7. The summed E-state index contributed by atoms with van der Waals surface area (Å²) in [6.45, 7) is 13.5. The first kappa shape index (κ1) is 41.2. The monoisotopic (exact) mass is 860 g/mol. The van der Waals surface area contributed by atoms with Crippen LogP contribution in [0.25, 0.3) is 0 Å². The zero-order chi connectivity index (χ0) is 43.8. The Labute approximate surface area is 364 Å². The van der Waals surface area contributed by atoms with E-state index in [9.17, 15) is 34.0 Å². The second-order valence-corrected chi connectivity index (χ2v) is 19.0. The molecule has 5 fully saturated rings. The van der Waals surface area contributed by atoms with Crippen LogP contribution >= 0.6 is 11.6 Å². The van der Waals surface area contributed by atoms with Gasteiger partial charge in [0, 0.05) is 110 Å². The average Bonchev–Trinajstić information content (AvgIpc) is 3.92. The smallest absolute Gasteiger partial charge is 0.320 e. The highest BCUT2D eigenvalue weighted by Gasteiger charge is 2.64. The van der Waals surface area contributed by atoms with Gasteiger partial charge in [0.05, 0.1) is 21.7 Å². The lowest BCUT2D eigenvalue weighted by Gasteiger charge is -2.63. The number of halogens is 1. The summed E-state index contributed by atoms with van der Waals surface area (Å²) in [7, 11) is 0. The third kappa shape index (κ3) is 6.98. The molecule has 5 aliphatic heterocycles. The van der Waals surface area contributed by atoms with Gasteiger partial charge in [0.15, 0.2) is 0 Å². The highest BCUT2D eigenvalue weighted by molar-refractivity contribution is 6.31. The van der Waals surface area contributed by atoms with Gasteiger partial charge in [0.1, 0.15) is 24.0 Å². The zero-order valence-corrected chi connectivity index (χ0v) is 35.9. The van der Waals surface area contributed by atoms with Gasteiger partial charge >= 0.3 is 6.03 Å². The number of benzene rings is 3. The number of carbonyl (C=O) groups excluding carboxylic acids is 6. The lowest BCUT2D eigenvalue weighted by molar-refractivity contribution is -0.164. The van der Waals surface area contributed by atoms with Crippen molar-refractivity contribution in [3.63, 3.8) is 0 Å². The van der Waals surface area contributed by atoms with E-state index in [0.717, 1.165) is 29.4 Å². The van der Waals surface area contributed by atoms with E-state index < -0.39 is 29.7 Å². The SMILES string of the molecule is CC1(C)C(NC(=O)c2ccc(N3CC4CN(C(=O)N5CCN(c6ccc7c(c6)C(=O)N(C6CCC(=O)NC6=O)C7=O)CC5)CC4C3)cc2)C(C)(C)C1Oc1ccc(C#N)c(Cl)c1. The fraction of sp³-hybridized carbons (Fsp3) is 0.457. The first-order chi connectivity index (χ1) is 29.5. The quantitative estimate of drug-likeness (QED) is 0.321. The van der Waals surface area contributed by atoms with E-state index in [2.05, 4.69) is 54.2 Å². The summed E-state index contributed by atoms with van der Waals surface area (Å²) < 4.78 is 6.38. The van der Waals surface area contributed by atoms with E-state index in [1.807, 2.05) is 34.1 Å². The van der Waals surface area contributed by atoms with E-state index in [-0.39, 0.29) is 58.9 Å². The third-order valence-corrected chi connectivity index (χ3v) is 14.3. The average molecular weight is 861 g/mol. The molecule has 16 heteroatoms. The van der Waals surface area contributed by atoms with Crippen molar-refractivity contribution >= 4 is 58.5 Å². The molecule has 3 aromatic rings. The van der Waals surface area contributed by atoms with Gasteiger partial charge in [-0.15, -0.1) is 0 Å². The van der Waals surface area contributed by atoms with Crippen molar-refractivity contribution in [3.8, 4) is 11.8 Å². The van der Waals surface area contributed by atoms with Crippen molar-refractivity contribution in [1.82, 2.24) is 25.3 Å². The largest absolute Gasteiger partial charge is 0.489 e. The van der Waals surface area contributed by atoms with Crippen molar-refractivity contribution in [2.24, 2.45) is 22.7 Å². The lowest BCUT2D eigenvalue weighted by Crippen LogP contribution is -2.74. The maximum atomic E-state index is 13.7. The zero-order valence-electron chi connectivity index (χ0n) is 35.2. The molecule has 3 atom stereocenters. The molecule has 0 aromatic heterocycles. The number of imide groups is 2. The molecule has 1 saturated carbocycles. The number of anilines is 2. The number of ether oxygens (including phenoxy) is 1. The molecule has 62 heavy (non-hydrogen) atoms. The lowest BCUT2D eigenvalue weighted by atomic mass is 9.49. The molecule has 6 aliphatic rings. The van der Waals surface area contributed by atoms with Crippen LogP contribution in [-0.4, -0.2) is 121 Å². The Kier molecular flexibility index (Phi) is 10.2. The number of piperazine rings is 1. The standard InChI is InChI=1S/C46H49ClN8O7/c1-45(2)42(46(3,4)43(45)62-32-11-7-27(21-48)35(47)20-32)50-38(57)26-5-8-30(9-6-26)53-22-28-24-54(25-29(28)23-53)44(61)52-17-15-51(16-18-52)31-10-12-33-34(19-31)41(60)55(40(33)59)36-13-14-37(56)49-39(36)58/h5-12,19-20,28-29,36,42-43H,13-18,22-25H2,1-4H3,(H,50,57)(H,49,56,58). The minimum atomic E-state index is -1.02. The summed E-state index contributed by atoms with van der Waals surface area (Å²) >= 11 is 6.25. The summed E-state index contributed by atoms with van der Waals surface area (Å²) in [5.74, 6) is -1.01. The van der Waals surface area contributed by atoms with Gasteiger partial charge in [-0.2, -0.15) is 5.26 Å². The normalized spacial score (nSPS) is 26.1. The molecule has 5 heterocycles. The topological polar surface area (TPSA) is 176 Å². The van der Waals surface area contributed by atoms with E-state index in [0.29, 0.717) is 73.0 Å². The van der Waals surface area contributed by atoms with E-state index in [1.54, 1.807) is 36.4 Å². The Morgan fingerprint density at radius 1 is 0.790 bits per heavy atom. The van der Waals surface area contributed by atoms with Crippen LogP contribution in [0.15, 0.2) is 60.7 Å². The van der Waals surface area contributed by atoms with Crippen LogP contribution in [0.4, 0.5) is 16.2 Å². The number of rotatable bonds is 7. The number of nitrogens with zero attached hydrogens (tertiary/aromatic N) is 6. The minimum Gasteiger partial charge on any atom is -0.489 e. The highest BCUT2D eigenvalue weighted by Crippen LogP contribution is 2.55. The molecule has 0 bridgehead atoms. The predicted octanol–water partition coefficient (Wildman–Crippen LogP) is 4.54. The number of urea groups is 1. The van der Waals surface area contributed by atoms with Crippen LogP contribution in [0.3, 0.4) is 0 Å². The van der Waals surface area contributed by atoms with Crippen LogP contribution in [0.1, 0.15) is 77.2 Å². The second-order valence-electron chi connectivity index (χ2n) is 18.6. The van der Waals surface area contributed by atoms with E-state index in [4.69, 9.17) is 16.3 Å². The second kappa shape index (κ2) is 15.3. The van der Waals surface area contributed by atoms with Crippen LogP contribution in [-0.2, 0) is 9.59 Å². The van der Waals surface area contributed by atoms with Gasteiger partial charge in [0.25, 0.3) is 17.7 Å². The summed E-state index contributed by atoms with van der Waals surface area (Å²) in [4.78, 5) is 87.1. The maximum Gasteiger partial charge on any atom is 0.320 e. The number of hydrogen-bond acceptors (Lipinski definition) is 10. The predicted molar refractivity (Wildman–Crippen MR) is 229 cm³/mol. The summed E-state index contributed by atoms with van der Waals surface area (Å²) in [5.41, 5.74) is 2.51. The van der Waals surface area contributed by atoms with Crippen LogP contribution in [0.2, 0.25) is 5.02 Å². The fourth-order valence-electron chi connectivity index (χ4n) is 11.0. The van der Waals surface area contributed by atoms with Crippen molar-refractivity contribution < 1.29 is 33.5 Å². The number of likely N-dealkylation sites (tertiary alicyclic amines) is 1. The van der Waals surface area contributed by atoms with E-state index >= 15 is 0 Å². The molecule has 0 radical (unpaired) electrons. The molecular formula is C46H49ClN8O7. The van der Waals surface area contributed by atoms with Crippen LogP contribution in [0.5, 0.6) is 5.75 Å². The molecule has 15 nitrogen and oxygen atoms in total. The third-order valence-electron chi connectivity index (χ3n) is 14.0. The van der Waals surface area contributed by atoms with Crippen molar-refractivity contribution in [2.75, 3.05) is 62.2 Å². The number of carbonyl (C=O) groups is 6. The Morgan fingerprint density at radius 2 is 1.44 bits per heavy atom. The first-order valence-corrected chi connectivity index (χ1v) is 21.6. The van der Waals surface area contributed by atoms with Crippen molar-refractivity contribution in [1.29, 1.82) is 5.26 Å². The Morgan fingerprint density at radius 3 is 2.06 bits per heavy atom. The number of hydrogen-bond donors (Lipinski definition) is 2. The van der Waals surface area contributed by atoms with Gasteiger partial charge in [-0.1, -0.05) is 39.3 Å². The number of piperidine rings is 1. The Balaban J connectivity index is 0.746. The fourth-order valence-corrected chi connectivity index (χ4v) is 11.2. The number of amides is 7. The van der Waals surface area contributed by atoms with Gasteiger partial charge in [-0.25, -0.2) is 4.79 Å². The van der Waals surface area contributed by atoms with Gasteiger partial charge < -0.3 is 29.7 Å². The Bertz CT molecular complexity index is 2410. The first-order valence-electron chi connectivity index (χ1n) is 21.2. The molecule has 1 aliphatic carbocycles. The number of nitrogens with one attached hydrogen (secondary N) is 2. The minimum absolute atomic E-state index is 0.0323. The van der Waals surface area contributed by atoms with Gasteiger partial charge in [-0.3, -0.25) is 34.2 Å². The molecule has 7 amide bonds. The molecule has 9 rings (SSSR count). The van der Waals surface area contributed by atoms with Crippen LogP contribution < -0.4 is 25.2 Å². The molecule has 322 valence electrons. The molecule has 0 spiro atoms. The number of fused-ring (bicyclic) bond motifs is 2. The summed E-state index contributed by atoms with van der Waals surface area (Å²) in [6, 6.07) is 18.8. The molecule has 3 aromatic carbocycles. The van der Waals surface area contributed by atoms with Crippen LogP contribution in [0, 0.1) is 34.0 Å². The molecule has 3 unspecified atom stereocenters.